The number of anilines is 2. The lowest BCUT2D eigenvalue weighted by atomic mass is 10.2. The van der Waals surface area contributed by atoms with E-state index in [1.807, 2.05) is 31.2 Å². The number of rotatable bonds is 6. The summed E-state index contributed by atoms with van der Waals surface area (Å²) >= 11 is 7.72. The molecule has 3 rings (SSSR count). The summed E-state index contributed by atoms with van der Waals surface area (Å²) in [4.78, 5) is 24.9. The molecule has 0 bridgehead atoms. The van der Waals surface area contributed by atoms with E-state index in [4.69, 9.17) is 11.6 Å². The average Bonchev–Trinajstić information content (AvgIpc) is 2.97. The molecule has 2 N–H and O–H groups in total. The van der Waals surface area contributed by atoms with Gasteiger partial charge in [-0.3, -0.25) is 9.59 Å². The normalized spacial score (nSPS) is 10.7. The zero-order valence-corrected chi connectivity index (χ0v) is 15.9. The first kappa shape index (κ1) is 18.4. The van der Waals surface area contributed by atoms with Crippen molar-refractivity contribution in [1.29, 1.82) is 0 Å². The second-order valence-corrected chi connectivity index (χ2v) is 7.36. The topological polar surface area (TPSA) is 58.2 Å². The fourth-order valence-electron chi connectivity index (χ4n) is 2.58. The number of thiophene rings is 1. The number of hydrogen-bond acceptors (Lipinski definition) is 3. The van der Waals surface area contributed by atoms with Crippen LogP contribution in [0.15, 0.2) is 48.5 Å². The van der Waals surface area contributed by atoms with Crippen molar-refractivity contribution in [3.63, 3.8) is 0 Å². The molecule has 2 aromatic carbocycles. The van der Waals surface area contributed by atoms with Gasteiger partial charge < -0.3 is 10.6 Å². The molecule has 0 aliphatic carbocycles. The van der Waals surface area contributed by atoms with Gasteiger partial charge in [0.05, 0.1) is 5.02 Å². The Morgan fingerprint density at radius 3 is 2.50 bits per heavy atom. The van der Waals surface area contributed by atoms with Crippen LogP contribution in [0, 0.1) is 0 Å². The van der Waals surface area contributed by atoms with Crippen molar-refractivity contribution in [3.8, 4) is 0 Å². The average molecular weight is 387 g/mol. The molecule has 1 heterocycles. The summed E-state index contributed by atoms with van der Waals surface area (Å²) < 4.78 is 0.972. The predicted octanol–water partition coefficient (Wildman–Crippen LogP) is 5.94. The Labute approximate surface area is 161 Å². The Bertz CT molecular complexity index is 952. The van der Waals surface area contributed by atoms with Crippen LogP contribution in [0.2, 0.25) is 5.02 Å². The third-order valence-electron chi connectivity index (χ3n) is 3.90. The second-order valence-electron chi connectivity index (χ2n) is 5.93. The molecule has 134 valence electrons. The minimum Gasteiger partial charge on any atom is -0.326 e. The van der Waals surface area contributed by atoms with E-state index >= 15 is 0 Å². The van der Waals surface area contributed by atoms with Crippen molar-refractivity contribution < 1.29 is 9.59 Å². The van der Waals surface area contributed by atoms with Crippen molar-refractivity contribution in [2.75, 3.05) is 10.6 Å². The number of carbonyl (C=O) groups excluding carboxylic acids is 2. The number of nitrogens with one attached hydrogen (secondary N) is 2. The van der Waals surface area contributed by atoms with Crippen LogP contribution in [0.5, 0.6) is 0 Å². The summed E-state index contributed by atoms with van der Waals surface area (Å²) in [6, 6.07) is 14.8. The number of hydrogen-bond donors (Lipinski definition) is 2. The number of carbonyl (C=O) groups is 2. The molecule has 0 atom stereocenters. The summed E-state index contributed by atoms with van der Waals surface area (Å²) in [5.74, 6) is -0.284. The van der Waals surface area contributed by atoms with Crippen molar-refractivity contribution in [1.82, 2.24) is 0 Å². The quantitative estimate of drug-likeness (QED) is 0.551. The van der Waals surface area contributed by atoms with Gasteiger partial charge in [-0.05, 0) is 30.7 Å². The molecular weight excluding hydrogens is 368 g/mol. The fourth-order valence-corrected chi connectivity index (χ4v) is 4.00. The largest absolute Gasteiger partial charge is 0.326 e. The maximum Gasteiger partial charge on any atom is 0.267 e. The second kappa shape index (κ2) is 8.34. The maximum atomic E-state index is 12.6. The predicted molar refractivity (Wildman–Crippen MR) is 109 cm³/mol. The standard InChI is InChI=1S/C20H19ClN2O2S/c1-2-3-11-17(24)22-13-7-6-8-14(12-13)23-20(25)19-18(21)15-9-4-5-10-16(15)26-19/h4-10,12H,2-3,11H2,1H3,(H,22,24)(H,23,25). The van der Waals surface area contributed by atoms with Crippen molar-refractivity contribution in [2.24, 2.45) is 0 Å². The molecule has 0 saturated heterocycles. The highest BCUT2D eigenvalue weighted by Gasteiger charge is 2.17. The van der Waals surface area contributed by atoms with Crippen LogP contribution >= 0.6 is 22.9 Å². The molecule has 6 heteroatoms. The maximum absolute atomic E-state index is 12.6. The van der Waals surface area contributed by atoms with Crippen molar-refractivity contribution in [2.45, 2.75) is 26.2 Å². The molecule has 4 nitrogen and oxygen atoms in total. The van der Waals surface area contributed by atoms with E-state index < -0.39 is 0 Å². The molecule has 0 spiro atoms. The van der Waals surface area contributed by atoms with Crippen LogP contribution in [0.3, 0.4) is 0 Å². The van der Waals surface area contributed by atoms with E-state index in [-0.39, 0.29) is 11.8 Å². The zero-order valence-electron chi connectivity index (χ0n) is 14.3. The van der Waals surface area contributed by atoms with Crippen LogP contribution in [0.4, 0.5) is 11.4 Å². The summed E-state index contributed by atoms with van der Waals surface area (Å²) in [6.07, 6.45) is 2.32. The first-order chi connectivity index (χ1) is 12.6. The molecule has 0 fully saturated rings. The lowest BCUT2D eigenvalue weighted by Gasteiger charge is -2.08. The van der Waals surface area contributed by atoms with Gasteiger partial charge >= 0.3 is 0 Å². The SMILES string of the molecule is CCCCC(=O)Nc1cccc(NC(=O)c2sc3ccccc3c2Cl)c1. The van der Waals surface area contributed by atoms with E-state index in [1.165, 1.54) is 11.3 Å². The number of benzene rings is 2. The third kappa shape index (κ3) is 4.23. The van der Waals surface area contributed by atoms with Gasteiger partial charge in [0.2, 0.25) is 5.91 Å². The van der Waals surface area contributed by atoms with Crippen LogP contribution in [-0.4, -0.2) is 11.8 Å². The van der Waals surface area contributed by atoms with Gasteiger partial charge in [-0.2, -0.15) is 0 Å². The van der Waals surface area contributed by atoms with Gasteiger partial charge in [0.15, 0.2) is 0 Å². The van der Waals surface area contributed by atoms with E-state index in [9.17, 15) is 9.59 Å². The van der Waals surface area contributed by atoms with E-state index in [2.05, 4.69) is 10.6 Å². The number of amides is 2. The Balaban J connectivity index is 1.74. The highest BCUT2D eigenvalue weighted by Crippen LogP contribution is 2.35. The van der Waals surface area contributed by atoms with Crippen molar-refractivity contribution in [3.05, 3.63) is 58.4 Å². The molecule has 26 heavy (non-hydrogen) atoms. The minimum absolute atomic E-state index is 0.0251. The van der Waals surface area contributed by atoms with Gasteiger partial charge in [-0.1, -0.05) is 49.2 Å². The smallest absolute Gasteiger partial charge is 0.267 e. The van der Waals surface area contributed by atoms with E-state index in [0.717, 1.165) is 22.9 Å². The van der Waals surface area contributed by atoms with Gasteiger partial charge in [0.1, 0.15) is 4.88 Å². The summed E-state index contributed by atoms with van der Waals surface area (Å²) in [7, 11) is 0. The summed E-state index contributed by atoms with van der Waals surface area (Å²) in [5.41, 5.74) is 1.27. The van der Waals surface area contributed by atoms with Gasteiger partial charge in [0, 0.05) is 27.9 Å². The summed E-state index contributed by atoms with van der Waals surface area (Å²) in [6.45, 7) is 2.04. The first-order valence-electron chi connectivity index (χ1n) is 8.46. The third-order valence-corrected chi connectivity index (χ3v) is 5.58. The molecular formula is C20H19ClN2O2S. The molecule has 0 radical (unpaired) electrons. The lowest BCUT2D eigenvalue weighted by molar-refractivity contribution is -0.116. The molecule has 2 amide bonds. The van der Waals surface area contributed by atoms with Crippen LogP contribution < -0.4 is 10.6 Å². The van der Waals surface area contributed by atoms with Gasteiger partial charge in [0.25, 0.3) is 5.91 Å². The highest BCUT2D eigenvalue weighted by molar-refractivity contribution is 7.21. The number of unbranched alkanes of at least 4 members (excludes halogenated alkanes) is 1. The van der Waals surface area contributed by atoms with E-state index in [0.29, 0.717) is 27.7 Å². The Hall–Kier alpha value is -2.37. The Morgan fingerprint density at radius 1 is 1.04 bits per heavy atom. The number of halogens is 1. The molecule has 0 aliphatic rings. The minimum atomic E-state index is -0.259. The molecule has 0 aliphatic heterocycles. The first-order valence-corrected chi connectivity index (χ1v) is 9.66. The summed E-state index contributed by atoms with van der Waals surface area (Å²) in [5, 5.41) is 7.04. The van der Waals surface area contributed by atoms with Crippen molar-refractivity contribution >= 4 is 56.2 Å². The highest BCUT2D eigenvalue weighted by atomic mass is 35.5. The Kier molecular flexibility index (Phi) is 5.91. The lowest BCUT2D eigenvalue weighted by Crippen LogP contribution is -2.13. The molecule has 3 aromatic rings. The van der Waals surface area contributed by atoms with Gasteiger partial charge in [-0.15, -0.1) is 11.3 Å². The number of fused-ring (bicyclic) bond motifs is 1. The fraction of sp³-hybridized carbons (Fsp3) is 0.200. The van der Waals surface area contributed by atoms with E-state index in [1.54, 1.807) is 24.3 Å². The van der Waals surface area contributed by atoms with Crippen LogP contribution in [0.25, 0.3) is 10.1 Å². The van der Waals surface area contributed by atoms with Crippen LogP contribution in [-0.2, 0) is 4.79 Å². The van der Waals surface area contributed by atoms with Crippen LogP contribution in [0.1, 0.15) is 35.9 Å². The molecule has 1 aromatic heterocycles. The molecule has 0 saturated carbocycles. The zero-order chi connectivity index (χ0) is 18.5. The monoisotopic (exact) mass is 386 g/mol. The Morgan fingerprint density at radius 2 is 1.77 bits per heavy atom. The molecule has 0 unspecified atom stereocenters. The van der Waals surface area contributed by atoms with Gasteiger partial charge in [-0.25, -0.2) is 0 Å².